The molecule has 5 nitrogen and oxygen atoms in total. The van der Waals surface area contributed by atoms with Gasteiger partial charge in [-0.15, -0.1) is 53.6 Å². The molecule has 0 saturated heterocycles. The van der Waals surface area contributed by atoms with Gasteiger partial charge in [0, 0.05) is 53.8 Å². The molecule has 0 N–H and O–H groups in total. The molecule has 0 fully saturated rings. The number of aromatic nitrogens is 4. The molecule has 0 aliphatic carbocycles. The molecular weight excluding hydrogens is 829 g/mol. The molecule has 4 heterocycles. The van der Waals surface area contributed by atoms with Crippen molar-refractivity contribution >= 4 is 43.9 Å². The molecule has 0 saturated carbocycles. The number of benzene rings is 6. The standard InChI is InChI=1S/C36H24N3O.C11H8N.Ir/c1-22-17-19-30(34-32(22)29-20-18-25(21-31(29)40-34)24-11-5-3-6-12-24)36-38-35-33(39(36)26-13-7-4-8-14-26)28-16-10-9-15-27(28)23(2)37-35;1-2-6-10(7-3-1)11-8-4-5-9-12-11;/h3-18,20-21H,1-2H3;1-6,8-9H;/q2*-1;. The summed E-state index contributed by atoms with van der Waals surface area (Å²) in [6.07, 6.45) is 1.79. The Morgan fingerprint density at radius 1 is 0.642 bits per heavy atom. The SMILES string of the molecule is Cc1nc2nc(-c3[c-]cc(C)c4c3oc3cc(-c5ccccc5)ccc34)n(-c3ccccc3)c2c2ccccc12.[Ir].[c-]1ccccc1-c1ccccn1. The number of para-hydroxylation sites is 1. The molecule has 0 bridgehead atoms. The summed E-state index contributed by atoms with van der Waals surface area (Å²) in [6, 6.07) is 58.0. The first kappa shape index (κ1) is 33.9. The molecule has 0 unspecified atom stereocenters. The zero-order valence-corrected chi connectivity index (χ0v) is 31.4. The maximum Gasteiger partial charge on any atom is 0.169 e. The van der Waals surface area contributed by atoms with Crippen LogP contribution in [0.25, 0.3) is 83.3 Å². The van der Waals surface area contributed by atoms with Gasteiger partial charge in [0.25, 0.3) is 0 Å². The molecule has 10 rings (SSSR count). The van der Waals surface area contributed by atoms with Gasteiger partial charge in [-0.3, -0.25) is 4.98 Å². The molecule has 257 valence electrons. The van der Waals surface area contributed by atoms with Gasteiger partial charge in [0.1, 0.15) is 5.58 Å². The average Bonchev–Trinajstić information content (AvgIpc) is 3.79. The first-order valence-electron chi connectivity index (χ1n) is 17.3. The Morgan fingerprint density at radius 3 is 2.13 bits per heavy atom. The zero-order chi connectivity index (χ0) is 35.0. The summed E-state index contributed by atoms with van der Waals surface area (Å²) in [6.45, 7) is 4.16. The van der Waals surface area contributed by atoms with Crippen molar-refractivity contribution < 1.29 is 24.5 Å². The fourth-order valence-electron chi connectivity index (χ4n) is 6.98. The minimum absolute atomic E-state index is 0. The second-order valence-electron chi connectivity index (χ2n) is 12.7. The predicted molar refractivity (Wildman–Crippen MR) is 211 cm³/mol. The summed E-state index contributed by atoms with van der Waals surface area (Å²) in [4.78, 5) is 14.3. The van der Waals surface area contributed by atoms with E-state index in [9.17, 15) is 0 Å². The summed E-state index contributed by atoms with van der Waals surface area (Å²) in [7, 11) is 0. The van der Waals surface area contributed by atoms with Crippen LogP contribution in [-0.2, 0) is 20.1 Å². The number of fused-ring (bicyclic) bond motifs is 6. The Kier molecular flexibility index (Phi) is 9.24. The molecule has 0 aliphatic rings. The van der Waals surface area contributed by atoms with Crippen LogP contribution in [-0.4, -0.2) is 19.5 Å². The van der Waals surface area contributed by atoms with Crippen LogP contribution in [0.15, 0.2) is 162 Å². The van der Waals surface area contributed by atoms with Crippen LogP contribution in [0.2, 0.25) is 0 Å². The Labute approximate surface area is 321 Å². The van der Waals surface area contributed by atoms with E-state index in [1.54, 1.807) is 6.20 Å². The number of hydrogen-bond acceptors (Lipinski definition) is 4. The molecule has 0 aliphatic heterocycles. The van der Waals surface area contributed by atoms with Crippen LogP contribution < -0.4 is 0 Å². The maximum atomic E-state index is 6.67. The van der Waals surface area contributed by atoms with Crippen molar-refractivity contribution in [3.63, 3.8) is 0 Å². The van der Waals surface area contributed by atoms with E-state index in [1.165, 1.54) is 0 Å². The van der Waals surface area contributed by atoms with E-state index < -0.39 is 0 Å². The molecule has 0 amide bonds. The van der Waals surface area contributed by atoms with Crippen molar-refractivity contribution in [2.75, 3.05) is 0 Å². The Bertz CT molecular complexity index is 2810. The molecule has 53 heavy (non-hydrogen) atoms. The van der Waals surface area contributed by atoms with Crippen LogP contribution >= 0.6 is 0 Å². The van der Waals surface area contributed by atoms with E-state index in [0.29, 0.717) is 5.65 Å². The van der Waals surface area contributed by atoms with Crippen molar-refractivity contribution in [3.8, 4) is 39.5 Å². The maximum absolute atomic E-state index is 6.67. The number of aryl methyl sites for hydroxylation is 2. The first-order chi connectivity index (χ1) is 25.6. The minimum atomic E-state index is 0. The van der Waals surface area contributed by atoms with Gasteiger partial charge in [0.05, 0.1) is 16.9 Å². The van der Waals surface area contributed by atoms with Crippen molar-refractivity contribution in [2.24, 2.45) is 0 Å². The van der Waals surface area contributed by atoms with E-state index in [2.05, 4.69) is 120 Å². The third kappa shape index (κ3) is 6.23. The van der Waals surface area contributed by atoms with E-state index >= 15 is 0 Å². The summed E-state index contributed by atoms with van der Waals surface area (Å²) >= 11 is 0. The van der Waals surface area contributed by atoms with Crippen molar-refractivity contribution in [1.29, 1.82) is 0 Å². The van der Waals surface area contributed by atoms with Gasteiger partial charge < -0.3 is 14.0 Å². The number of rotatable bonds is 4. The Hall–Kier alpha value is -6.20. The van der Waals surface area contributed by atoms with Crippen LogP contribution in [0.1, 0.15) is 11.3 Å². The van der Waals surface area contributed by atoms with Crippen LogP contribution in [0, 0.1) is 26.0 Å². The van der Waals surface area contributed by atoms with E-state index in [4.69, 9.17) is 14.4 Å². The van der Waals surface area contributed by atoms with E-state index in [-0.39, 0.29) is 20.1 Å². The Balaban J connectivity index is 0.000000262. The summed E-state index contributed by atoms with van der Waals surface area (Å²) in [5.74, 6) is 0.761. The zero-order valence-electron chi connectivity index (χ0n) is 29.0. The molecule has 6 aromatic carbocycles. The van der Waals surface area contributed by atoms with Gasteiger partial charge in [-0.05, 0) is 48.0 Å². The van der Waals surface area contributed by atoms with E-state index in [0.717, 1.165) is 88.9 Å². The Morgan fingerprint density at radius 2 is 1.38 bits per heavy atom. The van der Waals surface area contributed by atoms with Crippen molar-refractivity contribution in [1.82, 2.24) is 19.5 Å². The van der Waals surface area contributed by atoms with Gasteiger partial charge in [0.15, 0.2) is 5.65 Å². The van der Waals surface area contributed by atoms with Crippen LogP contribution in [0.4, 0.5) is 0 Å². The van der Waals surface area contributed by atoms with Crippen LogP contribution in [0.3, 0.4) is 0 Å². The normalized spacial score (nSPS) is 11.1. The first-order valence-corrected chi connectivity index (χ1v) is 17.3. The van der Waals surface area contributed by atoms with Crippen molar-refractivity contribution in [2.45, 2.75) is 13.8 Å². The number of pyridine rings is 2. The van der Waals surface area contributed by atoms with Crippen LogP contribution in [0.5, 0.6) is 0 Å². The van der Waals surface area contributed by atoms with Gasteiger partial charge in [-0.2, -0.15) is 0 Å². The van der Waals surface area contributed by atoms with Gasteiger partial charge >= 0.3 is 0 Å². The third-order valence-corrected chi connectivity index (χ3v) is 9.44. The smallest absolute Gasteiger partial charge is 0.169 e. The second kappa shape index (κ2) is 14.4. The molecule has 10 aromatic rings. The molecule has 0 atom stereocenters. The average molecular weight is 861 g/mol. The van der Waals surface area contributed by atoms with Gasteiger partial charge in [-0.25, -0.2) is 4.98 Å². The quantitative estimate of drug-likeness (QED) is 0.165. The number of hydrogen-bond donors (Lipinski definition) is 0. The largest absolute Gasteiger partial charge is 0.501 e. The van der Waals surface area contributed by atoms with Gasteiger partial charge in [0.2, 0.25) is 0 Å². The summed E-state index contributed by atoms with van der Waals surface area (Å²) in [5, 5.41) is 4.41. The number of imidazole rings is 1. The molecule has 1 radical (unpaired) electrons. The summed E-state index contributed by atoms with van der Waals surface area (Å²) in [5.41, 5.74) is 11.5. The fraction of sp³-hybridized carbons (Fsp3) is 0.0426. The predicted octanol–water partition coefficient (Wildman–Crippen LogP) is 11.8. The minimum Gasteiger partial charge on any atom is -0.501 e. The second-order valence-corrected chi connectivity index (χ2v) is 12.7. The van der Waals surface area contributed by atoms with E-state index in [1.807, 2.05) is 67.6 Å². The van der Waals surface area contributed by atoms with Crippen molar-refractivity contribution in [3.05, 3.63) is 181 Å². The topological polar surface area (TPSA) is 56.7 Å². The third-order valence-electron chi connectivity index (χ3n) is 9.44. The molecule has 4 aromatic heterocycles. The number of furan rings is 1. The molecule has 6 heteroatoms. The number of nitrogens with zero attached hydrogens (tertiary/aromatic N) is 4. The summed E-state index contributed by atoms with van der Waals surface area (Å²) < 4.78 is 8.88. The monoisotopic (exact) mass is 861 g/mol. The fourth-order valence-corrected chi connectivity index (χ4v) is 6.98. The van der Waals surface area contributed by atoms with Gasteiger partial charge in [-0.1, -0.05) is 115 Å². The molecular formula is C47H32IrN4O-2. The molecule has 0 spiro atoms.